The van der Waals surface area contributed by atoms with Crippen molar-refractivity contribution in [2.75, 3.05) is 35.8 Å². The van der Waals surface area contributed by atoms with Crippen molar-refractivity contribution < 1.29 is 4.92 Å². The molecule has 0 spiro atoms. The number of aromatic nitrogens is 2. The molecule has 1 aromatic rings. The highest BCUT2D eigenvalue weighted by atomic mass is 32.2. The maximum Gasteiger partial charge on any atom is 0.332 e. The van der Waals surface area contributed by atoms with Gasteiger partial charge in [-0.05, 0) is 27.0 Å². The van der Waals surface area contributed by atoms with E-state index in [2.05, 4.69) is 15.3 Å². The highest BCUT2D eigenvalue weighted by Gasteiger charge is 2.26. The lowest BCUT2D eigenvalue weighted by atomic mass is 10.3. The molecule has 0 aromatic carbocycles. The van der Waals surface area contributed by atoms with E-state index < -0.39 is 4.92 Å². The Morgan fingerprint density at radius 1 is 1.50 bits per heavy atom. The average molecular weight is 299 g/mol. The molecule has 0 radical (unpaired) electrons. The third kappa shape index (κ3) is 3.72. The molecule has 1 unspecified atom stereocenters. The fourth-order valence-corrected chi connectivity index (χ4v) is 2.52. The maximum atomic E-state index is 11.3. The van der Waals surface area contributed by atoms with Gasteiger partial charge in [0.1, 0.15) is 5.69 Å². The Bertz CT molecular complexity index is 483. The van der Waals surface area contributed by atoms with Crippen LogP contribution in [0.4, 0.5) is 17.5 Å². The van der Waals surface area contributed by atoms with Crippen LogP contribution in [0.1, 0.15) is 19.5 Å². The summed E-state index contributed by atoms with van der Waals surface area (Å²) in [5.41, 5.74) is 0.348. The Labute approximate surface area is 123 Å². The van der Waals surface area contributed by atoms with Crippen molar-refractivity contribution in [3.05, 3.63) is 15.8 Å². The van der Waals surface area contributed by atoms with Crippen molar-refractivity contribution >= 4 is 29.2 Å². The summed E-state index contributed by atoms with van der Waals surface area (Å²) in [6, 6.07) is 0.146. The molecule has 0 aliphatic carbocycles. The molecule has 0 saturated carbocycles. The van der Waals surface area contributed by atoms with Crippen molar-refractivity contribution in [3.8, 4) is 0 Å². The van der Waals surface area contributed by atoms with Gasteiger partial charge in [-0.2, -0.15) is 16.7 Å². The summed E-state index contributed by atoms with van der Waals surface area (Å²) in [5.74, 6) is 1.65. The van der Waals surface area contributed by atoms with E-state index in [0.717, 1.165) is 5.75 Å². The van der Waals surface area contributed by atoms with Crippen molar-refractivity contribution in [3.63, 3.8) is 0 Å². The van der Waals surface area contributed by atoms with E-state index in [1.54, 1.807) is 18.7 Å². The molecule has 1 aromatic heterocycles. The fraction of sp³-hybridized carbons (Fsp3) is 0.667. The van der Waals surface area contributed by atoms with Crippen LogP contribution in [0.25, 0.3) is 0 Å². The summed E-state index contributed by atoms with van der Waals surface area (Å²) in [5, 5.41) is 14.3. The molecule has 0 aliphatic rings. The molecule has 8 heteroatoms. The van der Waals surface area contributed by atoms with Gasteiger partial charge < -0.3 is 10.2 Å². The first-order valence-corrected chi connectivity index (χ1v) is 7.80. The number of nitrogens with zero attached hydrogens (tertiary/aromatic N) is 4. The van der Waals surface area contributed by atoms with Gasteiger partial charge in [-0.15, -0.1) is 0 Å². The van der Waals surface area contributed by atoms with E-state index in [4.69, 9.17) is 0 Å². The van der Waals surface area contributed by atoms with E-state index in [0.29, 0.717) is 24.0 Å². The van der Waals surface area contributed by atoms with Crippen LogP contribution in [0.2, 0.25) is 0 Å². The van der Waals surface area contributed by atoms with Gasteiger partial charge in [-0.1, -0.05) is 0 Å². The topological polar surface area (TPSA) is 84.2 Å². The monoisotopic (exact) mass is 299 g/mol. The molecule has 1 N–H and O–H groups in total. The van der Waals surface area contributed by atoms with Crippen molar-refractivity contribution in [1.82, 2.24) is 9.97 Å². The van der Waals surface area contributed by atoms with Crippen molar-refractivity contribution in [2.24, 2.45) is 0 Å². The van der Waals surface area contributed by atoms with Crippen molar-refractivity contribution in [2.45, 2.75) is 26.8 Å². The van der Waals surface area contributed by atoms with Crippen molar-refractivity contribution in [1.29, 1.82) is 0 Å². The predicted molar refractivity (Wildman–Crippen MR) is 83.8 cm³/mol. The van der Waals surface area contributed by atoms with Crippen LogP contribution in [0.5, 0.6) is 0 Å². The first-order chi connectivity index (χ1) is 9.42. The smallest absolute Gasteiger partial charge is 0.332 e. The lowest BCUT2D eigenvalue weighted by Gasteiger charge is -2.25. The van der Waals surface area contributed by atoms with Crippen LogP contribution in [0.15, 0.2) is 0 Å². The molecule has 20 heavy (non-hydrogen) atoms. The zero-order valence-electron chi connectivity index (χ0n) is 12.5. The Kier molecular flexibility index (Phi) is 6.00. The fourth-order valence-electron chi connectivity index (χ4n) is 1.81. The van der Waals surface area contributed by atoms with Gasteiger partial charge in [0, 0.05) is 25.4 Å². The van der Waals surface area contributed by atoms with Gasteiger partial charge in [0.15, 0.2) is 0 Å². The lowest BCUT2D eigenvalue weighted by molar-refractivity contribution is -0.385. The van der Waals surface area contributed by atoms with E-state index in [9.17, 15) is 10.1 Å². The normalized spacial score (nSPS) is 12.1. The van der Waals surface area contributed by atoms with Crippen LogP contribution in [0.3, 0.4) is 0 Å². The second-order valence-electron chi connectivity index (χ2n) is 4.51. The van der Waals surface area contributed by atoms with E-state index >= 15 is 0 Å². The highest BCUT2D eigenvalue weighted by molar-refractivity contribution is 7.98. The summed E-state index contributed by atoms with van der Waals surface area (Å²) in [6.45, 7) is 6.25. The van der Waals surface area contributed by atoms with Gasteiger partial charge >= 0.3 is 5.69 Å². The number of thioether (sulfide) groups is 1. The lowest BCUT2D eigenvalue weighted by Crippen LogP contribution is -2.32. The SMILES string of the molecule is CCNc1nc(C)c([N+](=O)[O-])c(N(C)C(C)CSC)n1. The molecule has 7 nitrogen and oxygen atoms in total. The first kappa shape index (κ1) is 16.5. The number of nitrogens with one attached hydrogen (secondary N) is 1. The second-order valence-corrected chi connectivity index (χ2v) is 5.42. The molecule has 0 aliphatic heterocycles. The van der Waals surface area contributed by atoms with E-state index in [1.165, 1.54) is 0 Å². The standard InChI is InChI=1S/C12H21N5O2S/c1-6-13-12-14-9(3)10(17(18)19)11(15-12)16(4)8(2)7-20-5/h8H,6-7H2,1-5H3,(H,13,14,15). The summed E-state index contributed by atoms with van der Waals surface area (Å²) in [4.78, 5) is 21.1. The van der Waals surface area contributed by atoms with E-state index in [1.807, 2.05) is 32.1 Å². The molecule has 0 bridgehead atoms. The zero-order valence-corrected chi connectivity index (χ0v) is 13.3. The number of aryl methyl sites for hydroxylation is 1. The highest BCUT2D eigenvalue weighted by Crippen LogP contribution is 2.30. The van der Waals surface area contributed by atoms with Crippen LogP contribution in [0, 0.1) is 17.0 Å². The van der Waals surface area contributed by atoms with Crippen LogP contribution in [-0.4, -0.2) is 46.5 Å². The molecule has 1 rings (SSSR count). The average Bonchev–Trinajstić information content (AvgIpc) is 2.37. The summed E-state index contributed by atoms with van der Waals surface area (Å²) in [6.07, 6.45) is 2.01. The minimum atomic E-state index is -0.414. The van der Waals surface area contributed by atoms with E-state index in [-0.39, 0.29) is 11.7 Å². The largest absolute Gasteiger partial charge is 0.354 e. The second kappa shape index (κ2) is 7.28. The summed E-state index contributed by atoms with van der Waals surface area (Å²) in [7, 11) is 1.82. The number of anilines is 2. The number of hydrogen-bond donors (Lipinski definition) is 1. The third-order valence-corrected chi connectivity index (χ3v) is 3.78. The zero-order chi connectivity index (χ0) is 15.3. The third-order valence-electron chi connectivity index (χ3n) is 2.96. The molecule has 0 amide bonds. The molecule has 112 valence electrons. The first-order valence-electron chi connectivity index (χ1n) is 6.41. The summed E-state index contributed by atoms with van der Waals surface area (Å²) >= 11 is 1.70. The van der Waals surface area contributed by atoms with Gasteiger partial charge in [0.05, 0.1) is 4.92 Å². The molecular formula is C12H21N5O2S. The predicted octanol–water partition coefficient (Wildman–Crippen LogP) is 2.31. The molecule has 1 atom stereocenters. The molecular weight excluding hydrogens is 278 g/mol. The molecule has 0 fully saturated rings. The maximum absolute atomic E-state index is 11.3. The van der Waals surface area contributed by atoms with Gasteiger partial charge in [0.25, 0.3) is 0 Å². The Morgan fingerprint density at radius 2 is 2.15 bits per heavy atom. The van der Waals surface area contributed by atoms with Gasteiger partial charge in [0.2, 0.25) is 11.8 Å². The van der Waals surface area contributed by atoms with Crippen LogP contribution >= 0.6 is 11.8 Å². The van der Waals surface area contributed by atoms with Crippen LogP contribution in [-0.2, 0) is 0 Å². The quantitative estimate of drug-likeness (QED) is 0.611. The number of nitro groups is 1. The molecule has 1 heterocycles. The van der Waals surface area contributed by atoms with Crippen LogP contribution < -0.4 is 10.2 Å². The number of hydrogen-bond acceptors (Lipinski definition) is 7. The Morgan fingerprint density at radius 3 is 2.65 bits per heavy atom. The minimum Gasteiger partial charge on any atom is -0.354 e. The van der Waals surface area contributed by atoms with Gasteiger partial charge in [-0.25, -0.2) is 4.98 Å². The molecule has 0 saturated heterocycles. The summed E-state index contributed by atoms with van der Waals surface area (Å²) < 4.78 is 0. The number of rotatable bonds is 7. The van der Waals surface area contributed by atoms with Gasteiger partial charge in [-0.3, -0.25) is 10.1 Å². The Balaban J connectivity index is 3.28. The Hall–Kier alpha value is -1.57. The minimum absolute atomic E-state index is 0.0258.